The highest BCUT2D eigenvalue weighted by Gasteiger charge is 2.51. The molecule has 21 heavy (non-hydrogen) atoms. The van der Waals surface area contributed by atoms with Crippen molar-refractivity contribution in [3.63, 3.8) is 0 Å². The molecule has 0 N–H and O–H groups in total. The van der Waals surface area contributed by atoms with E-state index in [-0.39, 0.29) is 0 Å². The monoisotopic (exact) mass is 282 g/mol. The van der Waals surface area contributed by atoms with Gasteiger partial charge >= 0.3 is 0 Å². The SMILES string of the molecule is Cc1ccccc1CC(=O)CC12CC3CC(CC(C3)C1)C2. The molecule has 4 fully saturated rings. The molecule has 4 saturated carbocycles. The predicted octanol–water partition coefficient (Wildman–Crippen LogP) is 4.71. The fraction of sp³-hybridized carbons (Fsp3) is 0.650. The van der Waals surface area contributed by atoms with Crippen molar-refractivity contribution in [3.8, 4) is 0 Å². The number of rotatable bonds is 4. The zero-order chi connectivity index (χ0) is 14.4. The summed E-state index contributed by atoms with van der Waals surface area (Å²) in [6.45, 7) is 2.12. The van der Waals surface area contributed by atoms with Crippen molar-refractivity contribution in [1.29, 1.82) is 0 Å². The van der Waals surface area contributed by atoms with Crippen LogP contribution in [0.1, 0.15) is 56.1 Å². The first-order valence-corrected chi connectivity index (χ1v) is 8.68. The maximum absolute atomic E-state index is 12.6. The fourth-order valence-corrected chi connectivity index (χ4v) is 6.01. The number of aryl methyl sites for hydroxylation is 1. The zero-order valence-electron chi connectivity index (χ0n) is 13.1. The molecule has 0 spiro atoms. The quantitative estimate of drug-likeness (QED) is 0.781. The Hall–Kier alpha value is -1.11. The number of carbonyl (C=O) groups is 1. The van der Waals surface area contributed by atoms with Gasteiger partial charge in [0.05, 0.1) is 0 Å². The number of carbonyl (C=O) groups excluding carboxylic acids is 1. The van der Waals surface area contributed by atoms with Crippen LogP contribution in [0.25, 0.3) is 0 Å². The van der Waals surface area contributed by atoms with Gasteiger partial charge in [0.25, 0.3) is 0 Å². The van der Waals surface area contributed by atoms with Crippen LogP contribution in [0.15, 0.2) is 24.3 Å². The first-order valence-electron chi connectivity index (χ1n) is 8.68. The minimum atomic E-state index is 0.397. The van der Waals surface area contributed by atoms with E-state index < -0.39 is 0 Å². The summed E-state index contributed by atoms with van der Waals surface area (Å²) in [7, 11) is 0. The Balaban J connectivity index is 1.46. The van der Waals surface area contributed by atoms with Crippen molar-refractivity contribution >= 4 is 5.78 Å². The van der Waals surface area contributed by atoms with Crippen LogP contribution in [0.2, 0.25) is 0 Å². The van der Waals surface area contributed by atoms with Crippen molar-refractivity contribution < 1.29 is 4.79 Å². The minimum absolute atomic E-state index is 0.397. The summed E-state index contributed by atoms with van der Waals surface area (Å²) in [5, 5.41) is 0. The van der Waals surface area contributed by atoms with Crippen LogP contribution in [-0.4, -0.2) is 5.78 Å². The average molecular weight is 282 g/mol. The molecule has 1 aromatic carbocycles. The third-order valence-corrected chi connectivity index (χ3v) is 6.39. The lowest BCUT2D eigenvalue weighted by atomic mass is 9.48. The number of Topliss-reactive ketones (excluding diaryl/α,β-unsaturated/α-hetero) is 1. The lowest BCUT2D eigenvalue weighted by Crippen LogP contribution is -2.47. The third-order valence-electron chi connectivity index (χ3n) is 6.39. The fourth-order valence-electron chi connectivity index (χ4n) is 6.01. The van der Waals surface area contributed by atoms with Gasteiger partial charge in [-0.05, 0) is 79.7 Å². The third kappa shape index (κ3) is 2.56. The van der Waals surface area contributed by atoms with Crippen molar-refractivity contribution in [1.82, 2.24) is 0 Å². The molecule has 0 atom stereocenters. The van der Waals surface area contributed by atoms with Crippen LogP contribution in [0.4, 0.5) is 0 Å². The van der Waals surface area contributed by atoms with E-state index in [1.165, 1.54) is 49.7 Å². The van der Waals surface area contributed by atoms with Gasteiger partial charge < -0.3 is 0 Å². The summed E-state index contributed by atoms with van der Waals surface area (Å²) >= 11 is 0. The molecule has 0 aliphatic heterocycles. The van der Waals surface area contributed by atoms with E-state index >= 15 is 0 Å². The van der Waals surface area contributed by atoms with E-state index in [0.29, 0.717) is 17.6 Å². The highest BCUT2D eigenvalue weighted by Crippen LogP contribution is 2.61. The Kier molecular flexibility index (Phi) is 3.20. The summed E-state index contributed by atoms with van der Waals surface area (Å²) in [4.78, 5) is 12.6. The van der Waals surface area contributed by atoms with Crippen LogP contribution in [-0.2, 0) is 11.2 Å². The number of benzene rings is 1. The van der Waals surface area contributed by atoms with Crippen molar-refractivity contribution in [2.45, 2.75) is 58.3 Å². The van der Waals surface area contributed by atoms with E-state index in [9.17, 15) is 4.79 Å². The van der Waals surface area contributed by atoms with Crippen LogP contribution in [0.5, 0.6) is 0 Å². The molecule has 1 aromatic rings. The maximum Gasteiger partial charge on any atom is 0.137 e. The highest BCUT2D eigenvalue weighted by atomic mass is 16.1. The molecule has 4 aliphatic carbocycles. The Bertz CT molecular complexity index is 521. The van der Waals surface area contributed by atoms with Gasteiger partial charge in [-0.2, -0.15) is 0 Å². The Labute approximate surface area is 128 Å². The molecule has 112 valence electrons. The molecule has 0 unspecified atom stereocenters. The van der Waals surface area contributed by atoms with Gasteiger partial charge in [0.2, 0.25) is 0 Å². The molecule has 0 saturated heterocycles. The minimum Gasteiger partial charge on any atom is -0.299 e. The summed E-state index contributed by atoms with van der Waals surface area (Å²) in [6, 6.07) is 8.35. The average Bonchev–Trinajstić information content (AvgIpc) is 2.39. The van der Waals surface area contributed by atoms with Gasteiger partial charge in [-0.1, -0.05) is 24.3 Å². The van der Waals surface area contributed by atoms with E-state index in [1.54, 1.807) is 0 Å². The van der Waals surface area contributed by atoms with Gasteiger partial charge in [-0.15, -0.1) is 0 Å². The van der Waals surface area contributed by atoms with E-state index in [0.717, 1.165) is 24.2 Å². The topological polar surface area (TPSA) is 17.1 Å². The Morgan fingerprint density at radius 1 is 1.05 bits per heavy atom. The molecular formula is C20H26O. The molecule has 0 heterocycles. The van der Waals surface area contributed by atoms with E-state index in [1.807, 2.05) is 0 Å². The largest absolute Gasteiger partial charge is 0.299 e. The van der Waals surface area contributed by atoms with Crippen LogP contribution in [0, 0.1) is 30.1 Å². The lowest BCUT2D eigenvalue weighted by molar-refractivity contribution is -0.126. The highest BCUT2D eigenvalue weighted by molar-refractivity contribution is 5.82. The molecule has 4 aliphatic rings. The summed E-state index contributed by atoms with van der Waals surface area (Å²) < 4.78 is 0. The van der Waals surface area contributed by atoms with Crippen molar-refractivity contribution in [2.75, 3.05) is 0 Å². The summed E-state index contributed by atoms with van der Waals surface area (Å²) in [5.41, 5.74) is 2.89. The lowest BCUT2D eigenvalue weighted by Gasteiger charge is -2.56. The second-order valence-electron chi connectivity index (χ2n) is 8.24. The van der Waals surface area contributed by atoms with Crippen LogP contribution < -0.4 is 0 Å². The smallest absolute Gasteiger partial charge is 0.137 e. The second kappa shape index (κ2) is 4.97. The molecule has 0 amide bonds. The first-order chi connectivity index (χ1) is 10.1. The normalized spacial score (nSPS) is 36.9. The van der Waals surface area contributed by atoms with Gasteiger partial charge in [0.15, 0.2) is 0 Å². The van der Waals surface area contributed by atoms with E-state index in [4.69, 9.17) is 0 Å². The van der Waals surface area contributed by atoms with Crippen LogP contribution >= 0.6 is 0 Å². The second-order valence-corrected chi connectivity index (χ2v) is 8.24. The zero-order valence-corrected chi connectivity index (χ0v) is 13.1. The van der Waals surface area contributed by atoms with Gasteiger partial charge in [0.1, 0.15) is 5.78 Å². The number of hydrogen-bond acceptors (Lipinski definition) is 1. The summed E-state index contributed by atoms with van der Waals surface area (Å²) in [6.07, 6.45) is 9.93. The van der Waals surface area contributed by atoms with Crippen LogP contribution in [0.3, 0.4) is 0 Å². The first kappa shape index (κ1) is 13.5. The molecule has 0 aromatic heterocycles. The predicted molar refractivity (Wildman–Crippen MR) is 85.1 cm³/mol. The molecule has 1 heteroatoms. The van der Waals surface area contributed by atoms with Crippen molar-refractivity contribution in [2.24, 2.45) is 23.2 Å². The van der Waals surface area contributed by atoms with Gasteiger partial charge in [0, 0.05) is 12.8 Å². The maximum atomic E-state index is 12.6. The number of hydrogen-bond donors (Lipinski definition) is 0. The molecule has 1 nitrogen and oxygen atoms in total. The molecular weight excluding hydrogens is 256 g/mol. The van der Waals surface area contributed by atoms with Crippen molar-refractivity contribution in [3.05, 3.63) is 35.4 Å². The Morgan fingerprint density at radius 2 is 1.62 bits per heavy atom. The standard InChI is InChI=1S/C20H26O/c1-14-4-2-3-5-18(14)9-19(21)13-20-10-15-6-16(11-20)8-17(7-15)12-20/h2-5,15-17H,6-13H2,1H3. The molecule has 0 radical (unpaired) electrons. The Morgan fingerprint density at radius 3 is 2.19 bits per heavy atom. The molecule has 4 bridgehead atoms. The summed E-state index contributed by atoms with van der Waals surface area (Å²) in [5.74, 6) is 3.32. The number of ketones is 1. The van der Waals surface area contributed by atoms with E-state index in [2.05, 4.69) is 31.2 Å². The molecule has 5 rings (SSSR count). The van der Waals surface area contributed by atoms with Gasteiger partial charge in [-0.25, -0.2) is 0 Å². The van der Waals surface area contributed by atoms with Gasteiger partial charge in [-0.3, -0.25) is 4.79 Å².